The van der Waals surface area contributed by atoms with Crippen LogP contribution in [0, 0.1) is 0 Å². The number of nitrogens with one attached hydrogen (secondary N) is 1. The van der Waals surface area contributed by atoms with Crippen molar-refractivity contribution < 1.29 is 17.6 Å². The Balaban J connectivity index is 2.82. The summed E-state index contributed by atoms with van der Waals surface area (Å²) in [6, 6.07) is 3.22. The molecule has 0 aromatic carbocycles. The quantitative estimate of drug-likeness (QED) is 0.786. The lowest BCUT2D eigenvalue weighted by Gasteiger charge is -2.22. The van der Waals surface area contributed by atoms with Crippen LogP contribution in [-0.4, -0.2) is 45.6 Å². The number of nitrogens with zero attached hydrogens (tertiary/aromatic N) is 1. The molecule has 1 atom stereocenters. The lowest BCUT2D eigenvalue weighted by atomic mass is 10.3. The second-order valence-electron chi connectivity index (χ2n) is 5.08. The van der Waals surface area contributed by atoms with Crippen LogP contribution in [0.5, 0.6) is 0 Å². The molecule has 1 aromatic heterocycles. The molecule has 1 heterocycles. The van der Waals surface area contributed by atoms with Gasteiger partial charge >= 0.3 is 0 Å². The summed E-state index contributed by atoms with van der Waals surface area (Å²) in [4.78, 5) is 0. The van der Waals surface area contributed by atoms with E-state index in [4.69, 9.17) is 9.15 Å². The van der Waals surface area contributed by atoms with E-state index in [1.54, 1.807) is 20.1 Å². The first-order valence-electron chi connectivity index (χ1n) is 6.58. The molecule has 116 valence electrons. The highest BCUT2D eigenvalue weighted by molar-refractivity contribution is 7.89. The van der Waals surface area contributed by atoms with Crippen LogP contribution < -0.4 is 5.32 Å². The highest BCUT2D eigenvalue weighted by Crippen LogP contribution is 2.19. The Morgan fingerprint density at radius 3 is 2.55 bits per heavy atom. The van der Waals surface area contributed by atoms with Crippen LogP contribution in [0.3, 0.4) is 0 Å². The van der Waals surface area contributed by atoms with Gasteiger partial charge in [0, 0.05) is 26.2 Å². The van der Waals surface area contributed by atoms with Crippen molar-refractivity contribution in [3.63, 3.8) is 0 Å². The predicted octanol–water partition coefficient (Wildman–Crippen LogP) is 1.43. The van der Waals surface area contributed by atoms with Gasteiger partial charge in [-0.15, -0.1) is 0 Å². The number of sulfonamides is 1. The van der Waals surface area contributed by atoms with Crippen molar-refractivity contribution in [2.75, 3.05) is 20.8 Å². The van der Waals surface area contributed by atoms with E-state index in [1.165, 1.54) is 17.4 Å². The third-order valence-electron chi connectivity index (χ3n) is 2.98. The van der Waals surface area contributed by atoms with Gasteiger partial charge in [0.2, 0.25) is 5.09 Å². The van der Waals surface area contributed by atoms with E-state index >= 15 is 0 Å². The fraction of sp³-hybridized carbons (Fsp3) is 0.692. The molecule has 0 saturated heterocycles. The highest BCUT2D eigenvalue weighted by atomic mass is 32.2. The zero-order chi connectivity index (χ0) is 15.3. The molecule has 1 unspecified atom stereocenters. The Bertz CT molecular complexity index is 510. The summed E-state index contributed by atoms with van der Waals surface area (Å²) in [6.45, 7) is 6.65. The van der Waals surface area contributed by atoms with Gasteiger partial charge in [-0.1, -0.05) is 13.8 Å². The van der Waals surface area contributed by atoms with Crippen LogP contribution >= 0.6 is 0 Å². The maximum Gasteiger partial charge on any atom is 0.276 e. The number of furan rings is 1. The Hall–Kier alpha value is -0.890. The van der Waals surface area contributed by atoms with E-state index in [2.05, 4.69) is 5.32 Å². The van der Waals surface area contributed by atoms with Crippen LogP contribution in [0.4, 0.5) is 0 Å². The molecular weight excluding hydrogens is 280 g/mol. The van der Waals surface area contributed by atoms with E-state index in [9.17, 15) is 8.42 Å². The predicted molar refractivity (Wildman–Crippen MR) is 77.0 cm³/mol. The summed E-state index contributed by atoms with van der Waals surface area (Å²) in [5.74, 6) is 0.602. The zero-order valence-electron chi connectivity index (χ0n) is 12.7. The van der Waals surface area contributed by atoms with E-state index < -0.39 is 10.0 Å². The largest absolute Gasteiger partial charge is 0.447 e. The first-order valence-corrected chi connectivity index (χ1v) is 8.02. The van der Waals surface area contributed by atoms with Gasteiger partial charge in [-0.3, -0.25) is 0 Å². The van der Waals surface area contributed by atoms with Gasteiger partial charge < -0.3 is 14.5 Å². The van der Waals surface area contributed by atoms with E-state index in [0.717, 1.165) is 0 Å². The molecule has 1 rings (SSSR count). The topological polar surface area (TPSA) is 71.8 Å². The van der Waals surface area contributed by atoms with Crippen LogP contribution in [-0.2, 0) is 21.3 Å². The van der Waals surface area contributed by atoms with Gasteiger partial charge in [0.15, 0.2) is 0 Å². The monoisotopic (exact) mass is 304 g/mol. The molecule has 0 aliphatic carbocycles. The van der Waals surface area contributed by atoms with Crippen LogP contribution in [0.1, 0.15) is 26.5 Å². The molecule has 0 bridgehead atoms. The minimum atomic E-state index is -3.62. The molecule has 6 nitrogen and oxygen atoms in total. The second kappa shape index (κ2) is 7.21. The minimum absolute atomic E-state index is 0.0384. The normalized spacial score (nSPS) is 14.2. The molecule has 0 aliphatic heterocycles. The fourth-order valence-electron chi connectivity index (χ4n) is 1.62. The standard InChI is InChI=1S/C13H24N2O4S/c1-10(2)14-8-12-6-7-13(19-12)20(16,17)15(4)11(3)9-18-5/h6-7,10-11,14H,8-9H2,1-5H3. The van der Waals surface area contributed by atoms with Crippen LogP contribution in [0.15, 0.2) is 21.6 Å². The molecule has 0 fully saturated rings. The molecule has 1 aromatic rings. The maximum absolute atomic E-state index is 12.4. The lowest BCUT2D eigenvalue weighted by Crippen LogP contribution is -2.37. The van der Waals surface area contributed by atoms with Crippen LogP contribution in [0.25, 0.3) is 0 Å². The Kier molecular flexibility index (Phi) is 6.19. The summed E-state index contributed by atoms with van der Waals surface area (Å²) in [5, 5.41) is 3.14. The van der Waals surface area contributed by atoms with Gasteiger partial charge in [-0.2, -0.15) is 4.31 Å². The average Bonchev–Trinajstić information content (AvgIpc) is 2.85. The maximum atomic E-state index is 12.4. The number of ether oxygens (including phenoxy) is 1. The van der Waals surface area contributed by atoms with Crippen molar-refractivity contribution in [3.05, 3.63) is 17.9 Å². The molecule has 0 spiro atoms. The number of hydrogen-bond acceptors (Lipinski definition) is 5. The fourth-order valence-corrected chi connectivity index (χ4v) is 2.89. The molecule has 0 saturated carbocycles. The number of rotatable bonds is 8. The summed E-state index contributed by atoms with van der Waals surface area (Å²) in [5.41, 5.74) is 0. The first kappa shape index (κ1) is 17.2. The highest BCUT2D eigenvalue weighted by Gasteiger charge is 2.28. The molecule has 1 N–H and O–H groups in total. The van der Waals surface area contributed by atoms with Crippen molar-refractivity contribution in [2.24, 2.45) is 0 Å². The van der Waals surface area contributed by atoms with Gasteiger partial charge in [-0.05, 0) is 19.1 Å². The number of hydrogen-bond donors (Lipinski definition) is 1. The molecular formula is C13H24N2O4S. The number of likely N-dealkylation sites (N-methyl/N-ethyl adjacent to an activating group) is 1. The molecule has 20 heavy (non-hydrogen) atoms. The van der Waals surface area contributed by atoms with Gasteiger partial charge in [0.1, 0.15) is 5.76 Å². The van der Waals surface area contributed by atoms with Crippen molar-refractivity contribution >= 4 is 10.0 Å². The summed E-state index contributed by atoms with van der Waals surface area (Å²) >= 11 is 0. The molecule has 0 radical (unpaired) electrons. The smallest absolute Gasteiger partial charge is 0.276 e. The second-order valence-corrected chi connectivity index (χ2v) is 7.01. The summed E-state index contributed by atoms with van der Waals surface area (Å²) < 4.78 is 36.4. The van der Waals surface area contributed by atoms with Crippen molar-refractivity contribution in [2.45, 2.75) is 44.5 Å². The van der Waals surface area contributed by atoms with E-state index in [0.29, 0.717) is 25.0 Å². The first-order chi connectivity index (χ1) is 9.28. The Morgan fingerprint density at radius 2 is 2.00 bits per heavy atom. The van der Waals surface area contributed by atoms with Crippen molar-refractivity contribution in [3.8, 4) is 0 Å². The molecule has 7 heteroatoms. The average molecular weight is 304 g/mol. The Labute approximate surface area is 121 Å². The third-order valence-corrected chi connectivity index (χ3v) is 4.83. The SMILES string of the molecule is COCC(C)N(C)S(=O)(=O)c1ccc(CNC(C)C)o1. The summed E-state index contributed by atoms with van der Waals surface area (Å²) in [6.07, 6.45) is 0. The van der Waals surface area contributed by atoms with Gasteiger partial charge in [0.25, 0.3) is 10.0 Å². The number of methoxy groups -OCH3 is 1. The van der Waals surface area contributed by atoms with Gasteiger partial charge in [0.05, 0.1) is 13.2 Å². The molecule has 0 amide bonds. The van der Waals surface area contributed by atoms with Crippen molar-refractivity contribution in [1.82, 2.24) is 9.62 Å². The third kappa shape index (κ3) is 4.31. The lowest BCUT2D eigenvalue weighted by molar-refractivity contribution is 0.148. The van der Waals surface area contributed by atoms with Crippen molar-refractivity contribution in [1.29, 1.82) is 0 Å². The van der Waals surface area contributed by atoms with Crippen LogP contribution in [0.2, 0.25) is 0 Å². The van der Waals surface area contributed by atoms with Gasteiger partial charge in [-0.25, -0.2) is 8.42 Å². The Morgan fingerprint density at radius 1 is 1.35 bits per heavy atom. The minimum Gasteiger partial charge on any atom is -0.447 e. The molecule has 0 aliphatic rings. The summed E-state index contributed by atoms with van der Waals surface area (Å²) in [7, 11) is -0.557. The van der Waals surface area contributed by atoms with E-state index in [-0.39, 0.29) is 11.1 Å². The zero-order valence-corrected chi connectivity index (χ0v) is 13.5. The van der Waals surface area contributed by atoms with E-state index in [1.807, 2.05) is 13.8 Å².